The first-order valence-electron chi connectivity index (χ1n) is 8.42. The number of carboxylic acids is 4. The van der Waals surface area contributed by atoms with Gasteiger partial charge in [-0.2, -0.15) is 0 Å². The summed E-state index contributed by atoms with van der Waals surface area (Å²) in [6.07, 6.45) is 3.30. The molecular weight excluding hydrogens is 404 g/mol. The van der Waals surface area contributed by atoms with Crippen molar-refractivity contribution in [3.8, 4) is 0 Å². The third kappa shape index (κ3) is 3.83. The lowest BCUT2D eigenvalue weighted by Crippen LogP contribution is -2.36. The summed E-state index contributed by atoms with van der Waals surface area (Å²) in [6.45, 7) is 0. The zero-order valence-corrected chi connectivity index (χ0v) is 15.0. The summed E-state index contributed by atoms with van der Waals surface area (Å²) in [5.41, 5.74) is -1.29. The highest BCUT2D eigenvalue weighted by Crippen LogP contribution is 2.31. The molecule has 3 heterocycles. The Labute approximate surface area is 166 Å². The van der Waals surface area contributed by atoms with E-state index >= 15 is 0 Å². The number of carbonyl (C=O) groups is 4. The second-order valence-corrected chi connectivity index (χ2v) is 6.46. The minimum Gasteiger partial charge on any atom is -0.480 e. The molecule has 0 aromatic carbocycles. The molecular formula is C18H14N2O10. The number of hydrogen-bond acceptors (Lipinski definition) is 8. The molecule has 0 bridgehead atoms. The third-order valence-corrected chi connectivity index (χ3v) is 4.51. The standard InChI is InChI=1S/C18H14N2O10/c21-14(22)9-3-7(4-10(19-9)15(23)24)1-2-20-11(16(25)26)5-8-6-12(17(27)28)30-18(29)13(8)20/h1-3,6,10-11H,4-5H2,(H,21,22)(H,23,24)(H,25,26)(H,27,28). The molecule has 0 saturated heterocycles. The molecule has 3 rings (SSSR count). The number of aliphatic imine (C=N–C) groups is 1. The second-order valence-electron chi connectivity index (χ2n) is 6.46. The van der Waals surface area contributed by atoms with Crippen molar-refractivity contribution in [2.75, 3.05) is 4.90 Å². The lowest BCUT2D eigenvalue weighted by molar-refractivity contribution is -0.139. The topological polar surface area (TPSA) is 195 Å². The maximum Gasteiger partial charge on any atom is 0.371 e. The highest BCUT2D eigenvalue weighted by molar-refractivity contribution is 6.41. The van der Waals surface area contributed by atoms with Crippen molar-refractivity contribution >= 4 is 35.3 Å². The average molecular weight is 418 g/mol. The molecule has 0 spiro atoms. The molecule has 4 N–H and O–H groups in total. The molecule has 0 radical (unpaired) electrons. The van der Waals surface area contributed by atoms with E-state index in [4.69, 9.17) is 19.7 Å². The minimum atomic E-state index is -1.48. The Morgan fingerprint density at radius 1 is 1.07 bits per heavy atom. The minimum absolute atomic E-state index is 0.145. The van der Waals surface area contributed by atoms with Crippen LogP contribution in [0.1, 0.15) is 22.5 Å². The number of aliphatic carboxylic acids is 3. The van der Waals surface area contributed by atoms with Crippen LogP contribution in [0.4, 0.5) is 5.69 Å². The predicted molar refractivity (Wildman–Crippen MR) is 97.9 cm³/mol. The van der Waals surface area contributed by atoms with E-state index in [1.54, 1.807) is 0 Å². The van der Waals surface area contributed by atoms with Gasteiger partial charge < -0.3 is 29.7 Å². The molecule has 0 fully saturated rings. The lowest BCUT2D eigenvalue weighted by atomic mass is 10.0. The van der Waals surface area contributed by atoms with Crippen LogP contribution in [0.3, 0.4) is 0 Å². The van der Waals surface area contributed by atoms with E-state index in [0.717, 1.165) is 17.0 Å². The molecule has 0 saturated carbocycles. The van der Waals surface area contributed by atoms with Crippen molar-refractivity contribution in [2.24, 2.45) is 4.99 Å². The highest BCUT2D eigenvalue weighted by atomic mass is 16.4. The number of aromatic carboxylic acids is 1. The molecule has 12 nitrogen and oxygen atoms in total. The van der Waals surface area contributed by atoms with Crippen LogP contribution in [-0.4, -0.2) is 62.1 Å². The van der Waals surface area contributed by atoms with Gasteiger partial charge >= 0.3 is 29.5 Å². The fourth-order valence-electron chi connectivity index (χ4n) is 3.18. The first-order chi connectivity index (χ1) is 14.1. The fraction of sp³-hybridized carbons (Fsp3) is 0.222. The first kappa shape index (κ1) is 20.5. The van der Waals surface area contributed by atoms with Crippen LogP contribution in [0.25, 0.3) is 0 Å². The van der Waals surface area contributed by atoms with Crippen LogP contribution in [0.2, 0.25) is 0 Å². The monoisotopic (exact) mass is 418 g/mol. The zero-order chi connectivity index (χ0) is 22.2. The molecule has 2 aliphatic heterocycles. The van der Waals surface area contributed by atoms with Gasteiger partial charge in [-0.15, -0.1) is 0 Å². The van der Waals surface area contributed by atoms with Crippen molar-refractivity contribution in [1.82, 2.24) is 0 Å². The molecule has 2 unspecified atom stereocenters. The summed E-state index contributed by atoms with van der Waals surface area (Å²) >= 11 is 0. The van der Waals surface area contributed by atoms with Gasteiger partial charge in [-0.05, 0) is 29.4 Å². The number of nitrogens with zero attached hydrogens (tertiary/aromatic N) is 2. The van der Waals surface area contributed by atoms with Crippen LogP contribution in [0.15, 0.2) is 44.2 Å². The molecule has 0 aliphatic carbocycles. The van der Waals surface area contributed by atoms with Gasteiger partial charge in [0.1, 0.15) is 17.4 Å². The Morgan fingerprint density at radius 2 is 1.77 bits per heavy atom. The molecule has 30 heavy (non-hydrogen) atoms. The van der Waals surface area contributed by atoms with E-state index in [9.17, 15) is 29.1 Å². The molecule has 1 aromatic rings. The van der Waals surface area contributed by atoms with Gasteiger partial charge in [-0.3, -0.25) is 4.99 Å². The zero-order valence-electron chi connectivity index (χ0n) is 15.0. The molecule has 2 aliphatic rings. The van der Waals surface area contributed by atoms with E-state index in [1.807, 2.05) is 0 Å². The smallest absolute Gasteiger partial charge is 0.371 e. The Hall–Kier alpha value is -4.22. The van der Waals surface area contributed by atoms with E-state index in [-0.39, 0.29) is 29.7 Å². The molecule has 156 valence electrons. The van der Waals surface area contributed by atoms with Crippen LogP contribution in [-0.2, 0) is 20.8 Å². The Morgan fingerprint density at radius 3 is 2.33 bits per heavy atom. The summed E-state index contributed by atoms with van der Waals surface area (Å²) in [7, 11) is 0. The summed E-state index contributed by atoms with van der Waals surface area (Å²) in [5, 5.41) is 36.7. The van der Waals surface area contributed by atoms with Gasteiger partial charge in [0.2, 0.25) is 5.76 Å². The van der Waals surface area contributed by atoms with Gasteiger partial charge in [0.15, 0.2) is 6.04 Å². The van der Waals surface area contributed by atoms with E-state index < -0.39 is 53.1 Å². The van der Waals surface area contributed by atoms with Gasteiger partial charge in [0.05, 0.1) is 0 Å². The van der Waals surface area contributed by atoms with Crippen LogP contribution < -0.4 is 10.5 Å². The Balaban J connectivity index is 2.00. The lowest BCUT2D eigenvalue weighted by Gasteiger charge is -2.20. The summed E-state index contributed by atoms with van der Waals surface area (Å²) in [5.74, 6) is -6.16. The van der Waals surface area contributed by atoms with Crippen LogP contribution in [0.5, 0.6) is 0 Å². The van der Waals surface area contributed by atoms with Crippen LogP contribution >= 0.6 is 0 Å². The molecule has 12 heteroatoms. The quantitative estimate of drug-likeness (QED) is 0.484. The summed E-state index contributed by atoms with van der Waals surface area (Å²) in [4.78, 5) is 62.0. The summed E-state index contributed by atoms with van der Waals surface area (Å²) < 4.78 is 4.72. The van der Waals surface area contributed by atoms with Gasteiger partial charge in [-0.1, -0.05) is 0 Å². The average Bonchev–Trinajstić information content (AvgIpc) is 3.05. The largest absolute Gasteiger partial charge is 0.480 e. The van der Waals surface area contributed by atoms with Gasteiger partial charge in [0.25, 0.3) is 0 Å². The molecule has 0 amide bonds. The van der Waals surface area contributed by atoms with Crippen molar-refractivity contribution in [3.05, 3.63) is 51.7 Å². The number of carboxylic acid groups (broad SMARTS) is 4. The number of fused-ring (bicyclic) bond motifs is 1. The maximum absolute atomic E-state index is 12.3. The highest BCUT2D eigenvalue weighted by Gasteiger charge is 2.37. The Bertz CT molecular complexity index is 1110. The van der Waals surface area contributed by atoms with E-state index in [2.05, 4.69) is 4.99 Å². The normalized spacial score (nSPS) is 20.5. The predicted octanol–water partition coefficient (Wildman–Crippen LogP) is -0.0237. The first-order valence-corrected chi connectivity index (χ1v) is 8.42. The number of allylic oxidation sites excluding steroid dienone is 1. The van der Waals surface area contributed by atoms with Crippen molar-refractivity contribution in [2.45, 2.75) is 24.9 Å². The molecule has 2 atom stereocenters. The van der Waals surface area contributed by atoms with E-state index in [0.29, 0.717) is 0 Å². The van der Waals surface area contributed by atoms with Crippen molar-refractivity contribution < 1.29 is 44.0 Å². The maximum atomic E-state index is 12.3. The van der Waals surface area contributed by atoms with Gasteiger partial charge in [-0.25, -0.2) is 24.0 Å². The van der Waals surface area contributed by atoms with Crippen molar-refractivity contribution in [1.29, 1.82) is 0 Å². The van der Waals surface area contributed by atoms with Crippen molar-refractivity contribution in [3.63, 3.8) is 0 Å². The fourth-order valence-corrected chi connectivity index (χ4v) is 3.18. The van der Waals surface area contributed by atoms with E-state index in [1.165, 1.54) is 12.3 Å². The summed E-state index contributed by atoms with van der Waals surface area (Å²) in [6, 6.07) is -1.50. The van der Waals surface area contributed by atoms with Crippen LogP contribution in [0, 0.1) is 0 Å². The number of anilines is 1. The third-order valence-electron chi connectivity index (χ3n) is 4.51. The second kappa shape index (κ2) is 7.66. The Kier molecular flexibility index (Phi) is 5.24. The molecule has 1 aromatic heterocycles. The number of dihydropyridines is 1. The number of hydrogen-bond donors (Lipinski definition) is 4. The SMILES string of the molecule is O=C(O)C1=NC(C(=O)O)CC(C=CN2c3c(cc(C(=O)O)oc3=O)CC2C(=O)O)=C1. The van der Waals surface area contributed by atoms with Gasteiger partial charge in [0, 0.05) is 19.0 Å². The number of rotatable bonds is 6.